The molecule has 1 atom stereocenters. The quantitative estimate of drug-likeness (QED) is 0.822. The fourth-order valence-corrected chi connectivity index (χ4v) is 1.16. The number of aromatic hydroxyl groups is 1. The zero-order valence-corrected chi connectivity index (χ0v) is 8.38. The van der Waals surface area contributed by atoms with E-state index in [0.29, 0.717) is 5.56 Å². The maximum Gasteiger partial charge on any atom is 0.471 e. The second-order valence-corrected chi connectivity index (χ2v) is 3.29. The molecule has 1 rings (SSSR count). The van der Waals surface area contributed by atoms with Gasteiger partial charge >= 0.3 is 12.1 Å². The summed E-state index contributed by atoms with van der Waals surface area (Å²) in [6, 6.07) is 4.87. The van der Waals surface area contributed by atoms with Crippen molar-refractivity contribution in [1.29, 1.82) is 0 Å². The van der Waals surface area contributed by atoms with E-state index in [-0.39, 0.29) is 5.75 Å². The van der Waals surface area contributed by atoms with Crippen molar-refractivity contribution in [1.82, 2.24) is 5.32 Å². The molecule has 1 aromatic rings. The second-order valence-electron chi connectivity index (χ2n) is 3.29. The standard InChI is InChI=1S/C10H10F3NO2/c1-6(14-9(16)10(11,12)13)7-3-2-4-8(15)5-7/h2-6,15H,1H3,(H,14,16). The topological polar surface area (TPSA) is 49.3 Å². The Labute approximate surface area is 89.9 Å². The van der Waals surface area contributed by atoms with Crippen molar-refractivity contribution in [3.8, 4) is 5.75 Å². The Balaban J connectivity index is 2.73. The number of amides is 1. The summed E-state index contributed by atoms with van der Waals surface area (Å²) in [6.45, 7) is 1.40. The zero-order valence-electron chi connectivity index (χ0n) is 8.38. The van der Waals surface area contributed by atoms with Crippen molar-refractivity contribution < 1.29 is 23.1 Å². The number of carbonyl (C=O) groups excluding carboxylic acids is 1. The van der Waals surface area contributed by atoms with E-state index in [9.17, 15) is 18.0 Å². The largest absolute Gasteiger partial charge is 0.508 e. The van der Waals surface area contributed by atoms with Gasteiger partial charge in [-0.3, -0.25) is 4.79 Å². The van der Waals surface area contributed by atoms with Crippen molar-refractivity contribution >= 4 is 5.91 Å². The van der Waals surface area contributed by atoms with E-state index >= 15 is 0 Å². The zero-order chi connectivity index (χ0) is 12.3. The van der Waals surface area contributed by atoms with E-state index in [2.05, 4.69) is 0 Å². The molecular weight excluding hydrogens is 223 g/mol. The number of carbonyl (C=O) groups is 1. The molecule has 0 fully saturated rings. The molecule has 1 amide bonds. The smallest absolute Gasteiger partial charge is 0.471 e. The minimum absolute atomic E-state index is 0.0643. The molecule has 1 unspecified atom stereocenters. The van der Waals surface area contributed by atoms with Gasteiger partial charge in [0.1, 0.15) is 5.75 Å². The van der Waals surface area contributed by atoms with E-state index in [1.54, 1.807) is 5.32 Å². The molecule has 0 heterocycles. The van der Waals surface area contributed by atoms with Crippen molar-refractivity contribution in [2.45, 2.75) is 19.1 Å². The van der Waals surface area contributed by atoms with E-state index < -0.39 is 18.1 Å². The maximum atomic E-state index is 11.9. The number of alkyl halides is 3. The Bertz CT molecular complexity index is 390. The molecular formula is C10H10F3NO2. The highest BCUT2D eigenvalue weighted by atomic mass is 19.4. The number of phenols is 1. The molecule has 0 bridgehead atoms. The van der Waals surface area contributed by atoms with Gasteiger partial charge in [-0.15, -0.1) is 0 Å². The van der Waals surface area contributed by atoms with Gasteiger partial charge in [-0.1, -0.05) is 12.1 Å². The lowest BCUT2D eigenvalue weighted by Crippen LogP contribution is -2.38. The predicted molar refractivity (Wildman–Crippen MR) is 50.7 cm³/mol. The van der Waals surface area contributed by atoms with Crippen LogP contribution in [0.25, 0.3) is 0 Å². The summed E-state index contributed by atoms with van der Waals surface area (Å²) in [5.74, 6) is -2.06. The molecule has 88 valence electrons. The average molecular weight is 233 g/mol. The third-order valence-electron chi connectivity index (χ3n) is 1.98. The SMILES string of the molecule is CC(NC(=O)C(F)(F)F)c1cccc(O)c1. The fraction of sp³-hybridized carbons (Fsp3) is 0.300. The van der Waals surface area contributed by atoms with Crippen LogP contribution < -0.4 is 5.32 Å². The Morgan fingerprint density at radius 1 is 1.44 bits per heavy atom. The molecule has 0 saturated carbocycles. The lowest BCUT2D eigenvalue weighted by atomic mass is 10.1. The first-order valence-electron chi connectivity index (χ1n) is 4.47. The van der Waals surface area contributed by atoms with Crippen molar-refractivity contribution in [3.63, 3.8) is 0 Å². The van der Waals surface area contributed by atoms with Crippen LogP contribution in [0.2, 0.25) is 0 Å². The molecule has 0 aliphatic heterocycles. The van der Waals surface area contributed by atoms with Crippen LogP contribution in [0, 0.1) is 0 Å². The second kappa shape index (κ2) is 4.42. The minimum Gasteiger partial charge on any atom is -0.508 e. The van der Waals surface area contributed by atoms with Crippen molar-refractivity contribution in [2.75, 3.05) is 0 Å². The molecule has 6 heteroatoms. The normalized spacial score (nSPS) is 13.2. The number of nitrogens with one attached hydrogen (secondary N) is 1. The molecule has 2 N–H and O–H groups in total. The highest BCUT2D eigenvalue weighted by Gasteiger charge is 2.39. The van der Waals surface area contributed by atoms with E-state index in [4.69, 9.17) is 5.11 Å². The molecule has 0 aliphatic rings. The number of benzene rings is 1. The number of hydrogen-bond donors (Lipinski definition) is 2. The molecule has 3 nitrogen and oxygen atoms in total. The minimum atomic E-state index is -4.90. The van der Waals surface area contributed by atoms with Gasteiger partial charge in [0.05, 0.1) is 6.04 Å². The van der Waals surface area contributed by atoms with Crippen LogP contribution >= 0.6 is 0 Å². The summed E-state index contributed by atoms with van der Waals surface area (Å²) in [5, 5.41) is 10.9. The summed E-state index contributed by atoms with van der Waals surface area (Å²) >= 11 is 0. The molecule has 0 spiro atoms. The van der Waals surface area contributed by atoms with Crippen molar-refractivity contribution in [3.05, 3.63) is 29.8 Å². The highest BCUT2D eigenvalue weighted by molar-refractivity contribution is 5.82. The van der Waals surface area contributed by atoms with Crippen LogP contribution in [0.15, 0.2) is 24.3 Å². The molecule has 0 radical (unpaired) electrons. The number of rotatable bonds is 2. The van der Waals surface area contributed by atoms with Crippen LogP contribution in [-0.4, -0.2) is 17.2 Å². The van der Waals surface area contributed by atoms with Gasteiger partial charge in [0.25, 0.3) is 0 Å². The van der Waals surface area contributed by atoms with Crippen molar-refractivity contribution in [2.24, 2.45) is 0 Å². The summed E-state index contributed by atoms with van der Waals surface area (Å²) < 4.78 is 35.8. The number of hydrogen-bond acceptors (Lipinski definition) is 2. The third kappa shape index (κ3) is 3.15. The Kier molecular flexibility index (Phi) is 3.41. The Morgan fingerprint density at radius 2 is 2.06 bits per heavy atom. The van der Waals surface area contributed by atoms with E-state index in [0.717, 1.165) is 0 Å². The summed E-state index contributed by atoms with van der Waals surface area (Å²) in [4.78, 5) is 10.6. The first-order chi connectivity index (χ1) is 7.30. The average Bonchev–Trinajstić information content (AvgIpc) is 2.16. The first kappa shape index (κ1) is 12.4. The van der Waals surface area contributed by atoms with Gasteiger partial charge in [0.2, 0.25) is 0 Å². The molecule has 0 aromatic heterocycles. The van der Waals surface area contributed by atoms with Crippen LogP contribution in [-0.2, 0) is 4.79 Å². The Hall–Kier alpha value is -1.72. The van der Waals surface area contributed by atoms with E-state index in [1.165, 1.54) is 31.2 Å². The van der Waals surface area contributed by atoms with Crippen LogP contribution in [0.5, 0.6) is 5.75 Å². The number of phenolic OH excluding ortho intramolecular Hbond substituents is 1. The monoisotopic (exact) mass is 233 g/mol. The maximum absolute atomic E-state index is 11.9. The highest BCUT2D eigenvalue weighted by Crippen LogP contribution is 2.20. The molecule has 16 heavy (non-hydrogen) atoms. The lowest BCUT2D eigenvalue weighted by Gasteiger charge is -2.15. The lowest BCUT2D eigenvalue weighted by molar-refractivity contribution is -0.174. The molecule has 0 aliphatic carbocycles. The fourth-order valence-electron chi connectivity index (χ4n) is 1.16. The van der Waals surface area contributed by atoms with Gasteiger partial charge in [-0.25, -0.2) is 0 Å². The van der Waals surface area contributed by atoms with Crippen LogP contribution in [0.1, 0.15) is 18.5 Å². The summed E-state index contributed by atoms with van der Waals surface area (Å²) in [5.41, 5.74) is 0.401. The summed E-state index contributed by atoms with van der Waals surface area (Å²) in [6.07, 6.45) is -4.90. The number of halogens is 3. The summed E-state index contributed by atoms with van der Waals surface area (Å²) in [7, 11) is 0. The van der Waals surface area contributed by atoms with Gasteiger partial charge in [-0.2, -0.15) is 13.2 Å². The van der Waals surface area contributed by atoms with Gasteiger partial charge in [-0.05, 0) is 24.6 Å². The van der Waals surface area contributed by atoms with Gasteiger partial charge in [0.15, 0.2) is 0 Å². The third-order valence-corrected chi connectivity index (χ3v) is 1.98. The predicted octanol–water partition coefficient (Wildman–Crippen LogP) is 2.13. The van der Waals surface area contributed by atoms with E-state index in [1.807, 2.05) is 0 Å². The van der Waals surface area contributed by atoms with Crippen LogP contribution in [0.3, 0.4) is 0 Å². The molecule has 1 aromatic carbocycles. The van der Waals surface area contributed by atoms with Gasteiger partial charge < -0.3 is 10.4 Å². The molecule has 0 saturated heterocycles. The van der Waals surface area contributed by atoms with Crippen LogP contribution in [0.4, 0.5) is 13.2 Å². The first-order valence-corrected chi connectivity index (χ1v) is 4.47. The Morgan fingerprint density at radius 3 is 2.56 bits per heavy atom. The van der Waals surface area contributed by atoms with Gasteiger partial charge in [0, 0.05) is 0 Å².